The van der Waals surface area contributed by atoms with Gasteiger partial charge in [0, 0.05) is 6.20 Å². The first-order valence-electron chi connectivity index (χ1n) is 4.67. The lowest BCUT2D eigenvalue weighted by Gasteiger charge is -1.98. The van der Waals surface area contributed by atoms with E-state index in [0.717, 1.165) is 17.2 Å². The van der Waals surface area contributed by atoms with Crippen LogP contribution >= 0.6 is 11.8 Å². The maximum absolute atomic E-state index is 11.3. The second-order valence-electron chi connectivity index (χ2n) is 3.17. The van der Waals surface area contributed by atoms with Crippen molar-refractivity contribution in [3.8, 4) is 0 Å². The Bertz CT molecular complexity index is 524. The fourth-order valence-corrected chi connectivity index (χ4v) is 1.74. The molecule has 0 saturated carbocycles. The number of thioether (sulfide) groups is 1. The largest absolute Gasteiger partial charge is 0.465 e. The van der Waals surface area contributed by atoms with Crippen LogP contribution < -0.4 is 0 Å². The molecule has 0 aliphatic heterocycles. The number of ether oxygens (including phenoxy) is 1. The van der Waals surface area contributed by atoms with Crippen molar-refractivity contribution in [1.82, 2.24) is 14.6 Å². The average Bonchev–Trinajstić information content (AvgIpc) is 2.69. The molecule has 2 aromatic heterocycles. The number of hydrogen-bond donors (Lipinski definition) is 0. The van der Waals surface area contributed by atoms with Gasteiger partial charge in [0.15, 0.2) is 11.5 Å². The summed E-state index contributed by atoms with van der Waals surface area (Å²) in [7, 11) is 1.35. The molecular formula is C10H11N3O2S. The van der Waals surface area contributed by atoms with E-state index in [1.807, 2.05) is 6.26 Å². The van der Waals surface area contributed by atoms with Gasteiger partial charge in [0.2, 0.25) is 0 Å². The second-order valence-corrected chi connectivity index (χ2v) is 4.04. The number of nitrogens with zero attached hydrogens (tertiary/aromatic N) is 3. The highest BCUT2D eigenvalue weighted by molar-refractivity contribution is 7.97. The Labute approximate surface area is 96.8 Å². The number of esters is 1. The molecule has 0 aliphatic rings. The third kappa shape index (κ3) is 2.01. The van der Waals surface area contributed by atoms with Crippen LogP contribution in [0.3, 0.4) is 0 Å². The number of rotatable bonds is 3. The van der Waals surface area contributed by atoms with Gasteiger partial charge in [-0.15, -0.1) is 0 Å². The summed E-state index contributed by atoms with van der Waals surface area (Å²) in [6.07, 6.45) is 3.61. The second kappa shape index (κ2) is 4.52. The van der Waals surface area contributed by atoms with E-state index in [-0.39, 0.29) is 5.97 Å². The van der Waals surface area contributed by atoms with E-state index < -0.39 is 0 Å². The Hall–Kier alpha value is -1.56. The molecule has 2 rings (SSSR count). The monoisotopic (exact) mass is 237 g/mol. The van der Waals surface area contributed by atoms with Gasteiger partial charge in [0.05, 0.1) is 18.4 Å². The number of carbonyl (C=O) groups is 1. The van der Waals surface area contributed by atoms with Gasteiger partial charge < -0.3 is 4.74 Å². The van der Waals surface area contributed by atoms with Gasteiger partial charge >= 0.3 is 5.97 Å². The summed E-state index contributed by atoms with van der Waals surface area (Å²) >= 11 is 1.66. The van der Waals surface area contributed by atoms with Crippen LogP contribution in [0.15, 0.2) is 18.3 Å². The van der Waals surface area contributed by atoms with E-state index in [4.69, 9.17) is 0 Å². The fourth-order valence-electron chi connectivity index (χ4n) is 1.36. The Kier molecular flexibility index (Phi) is 3.09. The summed E-state index contributed by atoms with van der Waals surface area (Å²) in [6.45, 7) is 0. The SMILES string of the molecule is COC(=O)c1ccc2nc(CSC)nn2c1. The minimum Gasteiger partial charge on any atom is -0.465 e. The van der Waals surface area contributed by atoms with Crippen LogP contribution in [0.4, 0.5) is 0 Å². The molecule has 5 nitrogen and oxygen atoms in total. The van der Waals surface area contributed by atoms with Crippen LogP contribution in [0.25, 0.3) is 5.65 Å². The van der Waals surface area contributed by atoms with Crippen LogP contribution in [-0.2, 0) is 10.5 Å². The summed E-state index contributed by atoms with van der Waals surface area (Å²) < 4.78 is 6.23. The van der Waals surface area contributed by atoms with Gasteiger partial charge in [-0.2, -0.15) is 16.9 Å². The lowest BCUT2D eigenvalue weighted by atomic mass is 10.3. The minimum atomic E-state index is -0.371. The fraction of sp³-hybridized carbons (Fsp3) is 0.300. The predicted molar refractivity (Wildman–Crippen MR) is 61.5 cm³/mol. The summed E-state index contributed by atoms with van der Waals surface area (Å²) in [5.74, 6) is 1.15. The maximum Gasteiger partial charge on any atom is 0.339 e. The van der Waals surface area contributed by atoms with Crippen molar-refractivity contribution < 1.29 is 9.53 Å². The normalized spacial score (nSPS) is 10.6. The van der Waals surface area contributed by atoms with Crippen molar-refractivity contribution in [2.45, 2.75) is 5.75 Å². The van der Waals surface area contributed by atoms with Crippen LogP contribution in [0.2, 0.25) is 0 Å². The molecule has 0 fully saturated rings. The Morgan fingerprint density at radius 2 is 2.38 bits per heavy atom. The van der Waals surface area contributed by atoms with Crippen molar-refractivity contribution in [2.75, 3.05) is 13.4 Å². The molecule has 0 saturated heterocycles. The van der Waals surface area contributed by atoms with E-state index in [2.05, 4.69) is 14.8 Å². The standard InChI is InChI=1S/C10H11N3O2S/c1-15-10(14)7-3-4-9-11-8(6-16-2)12-13(9)5-7/h3-5H,6H2,1-2H3. The topological polar surface area (TPSA) is 56.5 Å². The van der Waals surface area contributed by atoms with Crippen molar-refractivity contribution in [3.05, 3.63) is 29.7 Å². The quantitative estimate of drug-likeness (QED) is 0.755. The molecule has 16 heavy (non-hydrogen) atoms. The highest BCUT2D eigenvalue weighted by Crippen LogP contribution is 2.09. The summed E-state index contributed by atoms with van der Waals surface area (Å²) in [5, 5.41) is 4.26. The average molecular weight is 237 g/mol. The van der Waals surface area contributed by atoms with Gasteiger partial charge in [0.25, 0.3) is 0 Å². The zero-order valence-corrected chi connectivity index (χ0v) is 9.82. The Morgan fingerprint density at radius 1 is 1.56 bits per heavy atom. The molecule has 2 heterocycles. The molecule has 0 aromatic carbocycles. The Morgan fingerprint density at radius 3 is 3.06 bits per heavy atom. The predicted octanol–water partition coefficient (Wildman–Crippen LogP) is 1.38. The Balaban J connectivity index is 2.41. The molecule has 0 radical (unpaired) electrons. The van der Waals surface area contributed by atoms with Crippen LogP contribution in [0, 0.1) is 0 Å². The number of fused-ring (bicyclic) bond motifs is 1. The van der Waals surface area contributed by atoms with Gasteiger partial charge in [-0.3, -0.25) is 0 Å². The first-order valence-corrected chi connectivity index (χ1v) is 6.06. The summed E-state index contributed by atoms with van der Waals surface area (Å²) in [5.41, 5.74) is 1.20. The summed E-state index contributed by atoms with van der Waals surface area (Å²) in [4.78, 5) is 15.6. The van der Waals surface area contributed by atoms with Crippen molar-refractivity contribution in [2.24, 2.45) is 0 Å². The maximum atomic E-state index is 11.3. The van der Waals surface area contributed by atoms with E-state index in [0.29, 0.717) is 5.56 Å². The van der Waals surface area contributed by atoms with E-state index in [1.165, 1.54) is 7.11 Å². The number of hydrogen-bond acceptors (Lipinski definition) is 5. The molecule has 0 aliphatic carbocycles. The third-order valence-corrected chi connectivity index (χ3v) is 2.62. The molecule has 84 valence electrons. The summed E-state index contributed by atoms with van der Waals surface area (Å²) in [6, 6.07) is 3.43. The van der Waals surface area contributed by atoms with Crippen molar-refractivity contribution in [1.29, 1.82) is 0 Å². The van der Waals surface area contributed by atoms with Gasteiger partial charge in [-0.1, -0.05) is 0 Å². The zero-order chi connectivity index (χ0) is 11.5. The van der Waals surface area contributed by atoms with E-state index in [9.17, 15) is 4.79 Å². The van der Waals surface area contributed by atoms with E-state index >= 15 is 0 Å². The van der Waals surface area contributed by atoms with Gasteiger partial charge in [-0.05, 0) is 18.4 Å². The third-order valence-electron chi connectivity index (χ3n) is 2.07. The van der Waals surface area contributed by atoms with Gasteiger partial charge in [0.1, 0.15) is 0 Å². The molecule has 0 spiro atoms. The molecule has 0 bridgehead atoms. The highest BCUT2D eigenvalue weighted by Gasteiger charge is 2.08. The number of carbonyl (C=O) groups excluding carboxylic acids is 1. The smallest absolute Gasteiger partial charge is 0.339 e. The van der Waals surface area contributed by atoms with Crippen molar-refractivity contribution in [3.63, 3.8) is 0 Å². The first kappa shape index (κ1) is 10.9. The molecule has 0 atom stereocenters. The molecule has 0 unspecified atom stereocenters. The molecule has 0 amide bonds. The highest BCUT2D eigenvalue weighted by atomic mass is 32.2. The van der Waals surface area contributed by atoms with Crippen LogP contribution in [-0.4, -0.2) is 33.9 Å². The zero-order valence-electron chi connectivity index (χ0n) is 9.01. The number of methoxy groups -OCH3 is 1. The van der Waals surface area contributed by atoms with Crippen LogP contribution in [0.5, 0.6) is 0 Å². The first-order chi connectivity index (χ1) is 7.74. The molecule has 2 aromatic rings. The number of aromatic nitrogens is 3. The minimum absolute atomic E-state index is 0.371. The van der Waals surface area contributed by atoms with Crippen LogP contribution in [0.1, 0.15) is 16.2 Å². The lowest BCUT2D eigenvalue weighted by molar-refractivity contribution is 0.0600. The lowest BCUT2D eigenvalue weighted by Crippen LogP contribution is -2.03. The van der Waals surface area contributed by atoms with Gasteiger partial charge in [-0.25, -0.2) is 14.3 Å². The van der Waals surface area contributed by atoms with Crippen molar-refractivity contribution >= 4 is 23.4 Å². The molecular weight excluding hydrogens is 226 g/mol. The number of pyridine rings is 1. The molecule has 6 heteroatoms. The molecule has 0 N–H and O–H groups in total. The van der Waals surface area contributed by atoms with E-state index in [1.54, 1.807) is 34.6 Å².